The third-order valence-corrected chi connectivity index (χ3v) is 6.63. The molecule has 1 unspecified atom stereocenters. The van der Waals surface area contributed by atoms with E-state index >= 15 is 0 Å². The lowest BCUT2D eigenvalue weighted by atomic mass is 9.99. The van der Waals surface area contributed by atoms with E-state index in [0.717, 1.165) is 37.1 Å². The number of nitrogens with one attached hydrogen (secondary N) is 3. The molecule has 6 nitrogen and oxygen atoms in total. The van der Waals surface area contributed by atoms with E-state index in [9.17, 15) is 22.4 Å². The number of amides is 1. The Labute approximate surface area is 236 Å². The number of pyridine rings is 1. The van der Waals surface area contributed by atoms with Gasteiger partial charge < -0.3 is 21.7 Å². The standard InChI is InChI=1S/C31H33F4N5O/c1-2-5-24(31(33,34)35)16-28(39-25-8-3-6-21(14-25)17-36)30(41)40-27-15-22(11-12-26(27)32)29(38-18-20-9-10-20)23-7-4-13-37-19-23/h3-8,11-16,19-20,29,38-39H,2,9-10,17-18,36H2,1H3,(H,40,41)/b24-5-,28-16-. The van der Waals surface area contributed by atoms with Gasteiger partial charge in [-0.25, -0.2) is 4.39 Å². The molecule has 1 aromatic heterocycles. The van der Waals surface area contributed by atoms with E-state index < -0.39 is 29.2 Å². The second kappa shape index (κ2) is 13.6. The lowest BCUT2D eigenvalue weighted by molar-refractivity contribution is -0.112. The van der Waals surface area contributed by atoms with Crippen LogP contribution in [0.1, 0.15) is 48.9 Å². The number of anilines is 2. The maximum Gasteiger partial charge on any atom is 0.416 e. The molecule has 1 amide bonds. The van der Waals surface area contributed by atoms with Gasteiger partial charge in [-0.05, 0) is 84.8 Å². The Kier molecular flexibility index (Phi) is 9.91. The van der Waals surface area contributed by atoms with Crippen molar-refractivity contribution in [1.29, 1.82) is 0 Å². The second-order valence-corrected chi connectivity index (χ2v) is 9.92. The van der Waals surface area contributed by atoms with Crippen LogP contribution in [-0.2, 0) is 11.3 Å². The highest BCUT2D eigenvalue weighted by Gasteiger charge is 2.33. The zero-order valence-electron chi connectivity index (χ0n) is 22.6. The van der Waals surface area contributed by atoms with E-state index in [0.29, 0.717) is 22.7 Å². The summed E-state index contributed by atoms with van der Waals surface area (Å²) in [4.78, 5) is 17.6. The van der Waals surface area contributed by atoms with Crippen molar-refractivity contribution in [2.75, 3.05) is 17.2 Å². The smallest absolute Gasteiger partial charge is 0.351 e. The van der Waals surface area contributed by atoms with Crippen molar-refractivity contribution in [3.8, 4) is 0 Å². The lowest BCUT2D eigenvalue weighted by Gasteiger charge is -2.21. The average molecular weight is 568 g/mol. The molecule has 1 aliphatic carbocycles. The number of benzene rings is 2. The number of halogens is 4. The molecule has 1 heterocycles. The van der Waals surface area contributed by atoms with Crippen LogP contribution >= 0.6 is 0 Å². The van der Waals surface area contributed by atoms with E-state index in [1.165, 1.54) is 12.1 Å². The minimum Gasteiger partial charge on any atom is -0.351 e. The van der Waals surface area contributed by atoms with Gasteiger partial charge >= 0.3 is 6.18 Å². The van der Waals surface area contributed by atoms with Gasteiger partial charge in [-0.15, -0.1) is 0 Å². The van der Waals surface area contributed by atoms with Crippen molar-refractivity contribution >= 4 is 17.3 Å². The largest absolute Gasteiger partial charge is 0.416 e. The summed E-state index contributed by atoms with van der Waals surface area (Å²) in [5, 5.41) is 8.74. The number of rotatable bonds is 12. The van der Waals surface area contributed by atoms with Gasteiger partial charge in [0.2, 0.25) is 0 Å². The molecule has 1 aliphatic rings. The van der Waals surface area contributed by atoms with E-state index in [1.807, 2.05) is 6.07 Å². The molecule has 0 aliphatic heterocycles. The highest BCUT2D eigenvalue weighted by Crippen LogP contribution is 2.32. The molecule has 0 saturated heterocycles. The number of hydrogen-bond donors (Lipinski definition) is 4. The first-order valence-electron chi connectivity index (χ1n) is 13.5. The SMILES string of the molecule is CC/C=C(/C=C(\Nc1cccc(CN)c1)C(=O)Nc1cc(C(NCC2CC2)c2cccnc2)ccc1F)C(F)(F)F. The molecule has 3 aromatic rings. The summed E-state index contributed by atoms with van der Waals surface area (Å²) in [7, 11) is 0. The van der Waals surface area contributed by atoms with Gasteiger partial charge in [-0.2, -0.15) is 13.2 Å². The maximum absolute atomic E-state index is 15.0. The Morgan fingerprint density at radius 1 is 1.10 bits per heavy atom. The number of hydrogen-bond acceptors (Lipinski definition) is 5. The van der Waals surface area contributed by atoms with Crippen LogP contribution in [0.15, 0.2) is 90.4 Å². The predicted molar refractivity (Wildman–Crippen MR) is 152 cm³/mol. The van der Waals surface area contributed by atoms with Gasteiger partial charge in [0.1, 0.15) is 11.5 Å². The Morgan fingerprint density at radius 2 is 1.90 bits per heavy atom. The van der Waals surface area contributed by atoms with E-state index in [2.05, 4.69) is 20.9 Å². The van der Waals surface area contributed by atoms with Gasteiger partial charge in [0, 0.05) is 24.6 Å². The monoisotopic (exact) mass is 567 g/mol. The summed E-state index contributed by atoms with van der Waals surface area (Å²) in [6, 6.07) is 14.4. The molecule has 0 bridgehead atoms. The molecular formula is C31H33F4N5O. The number of carbonyl (C=O) groups is 1. The molecule has 0 spiro atoms. The number of alkyl halides is 3. The summed E-state index contributed by atoms with van der Waals surface area (Å²) in [5.41, 5.74) is 6.75. The van der Waals surface area contributed by atoms with E-state index in [1.54, 1.807) is 55.7 Å². The molecule has 4 rings (SSSR count). The van der Waals surface area contributed by atoms with Crippen molar-refractivity contribution in [2.45, 2.75) is 44.9 Å². The van der Waals surface area contributed by atoms with E-state index in [-0.39, 0.29) is 24.7 Å². The highest BCUT2D eigenvalue weighted by molar-refractivity contribution is 6.06. The van der Waals surface area contributed by atoms with E-state index in [4.69, 9.17) is 5.73 Å². The zero-order valence-corrected chi connectivity index (χ0v) is 22.6. The molecule has 2 aromatic carbocycles. The summed E-state index contributed by atoms with van der Waals surface area (Å²) in [5.74, 6) is -1.09. The van der Waals surface area contributed by atoms with Crippen molar-refractivity contribution in [3.63, 3.8) is 0 Å². The van der Waals surface area contributed by atoms with Crippen molar-refractivity contribution in [2.24, 2.45) is 11.7 Å². The average Bonchev–Trinajstić information content (AvgIpc) is 3.79. The molecule has 1 fully saturated rings. The minimum atomic E-state index is -4.70. The number of carbonyl (C=O) groups excluding carboxylic acids is 1. The van der Waals surface area contributed by atoms with Crippen LogP contribution in [0.5, 0.6) is 0 Å². The topological polar surface area (TPSA) is 92.1 Å². The lowest BCUT2D eigenvalue weighted by Crippen LogP contribution is -2.25. The van der Waals surface area contributed by atoms with Crippen LogP contribution in [0.4, 0.5) is 28.9 Å². The van der Waals surface area contributed by atoms with Crippen LogP contribution in [0.2, 0.25) is 0 Å². The normalized spacial score (nSPS) is 15.0. The Hall–Kier alpha value is -4.02. The first kappa shape index (κ1) is 30.0. The van der Waals surface area contributed by atoms with Crippen molar-refractivity contribution in [3.05, 3.63) is 113 Å². The van der Waals surface area contributed by atoms with Crippen LogP contribution in [0, 0.1) is 11.7 Å². The van der Waals surface area contributed by atoms with Crippen molar-refractivity contribution < 1.29 is 22.4 Å². The quantitative estimate of drug-likeness (QED) is 0.112. The predicted octanol–water partition coefficient (Wildman–Crippen LogP) is 6.60. The van der Waals surface area contributed by atoms with Gasteiger partial charge in [0.05, 0.1) is 17.3 Å². The Morgan fingerprint density at radius 3 is 2.56 bits per heavy atom. The molecule has 10 heteroatoms. The maximum atomic E-state index is 15.0. The van der Waals surface area contributed by atoms with Crippen LogP contribution in [-0.4, -0.2) is 23.6 Å². The summed E-state index contributed by atoms with van der Waals surface area (Å²) in [6.07, 6.45) is 2.76. The number of nitrogens with two attached hydrogens (primary N) is 1. The van der Waals surface area contributed by atoms with Crippen LogP contribution in [0.3, 0.4) is 0 Å². The molecule has 0 radical (unpaired) electrons. The number of aromatic nitrogens is 1. The molecule has 1 atom stereocenters. The Bertz CT molecular complexity index is 1400. The number of allylic oxidation sites excluding steroid dienone is 3. The third kappa shape index (κ3) is 8.48. The summed E-state index contributed by atoms with van der Waals surface area (Å²) in [6.45, 7) is 2.53. The van der Waals surface area contributed by atoms with Crippen LogP contribution in [0.25, 0.3) is 0 Å². The molecule has 1 saturated carbocycles. The van der Waals surface area contributed by atoms with Gasteiger partial charge in [-0.3, -0.25) is 9.78 Å². The molecule has 5 N–H and O–H groups in total. The Balaban J connectivity index is 1.67. The zero-order chi connectivity index (χ0) is 29.4. The fourth-order valence-corrected chi connectivity index (χ4v) is 4.31. The van der Waals surface area contributed by atoms with Crippen LogP contribution < -0.4 is 21.7 Å². The fraction of sp³-hybridized carbons (Fsp3) is 0.290. The van der Waals surface area contributed by atoms with Crippen molar-refractivity contribution in [1.82, 2.24) is 10.3 Å². The fourth-order valence-electron chi connectivity index (χ4n) is 4.31. The van der Waals surface area contributed by atoms with Gasteiger partial charge in [0.25, 0.3) is 5.91 Å². The molecule has 216 valence electrons. The second-order valence-electron chi connectivity index (χ2n) is 9.92. The molecular weight excluding hydrogens is 534 g/mol. The minimum absolute atomic E-state index is 0.100. The number of nitrogens with zero attached hydrogens (tertiary/aromatic N) is 1. The summed E-state index contributed by atoms with van der Waals surface area (Å²) >= 11 is 0. The third-order valence-electron chi connectivity index (χ3n) is 6.63. The summed E-state index contributed by atoms with van der Waals surface area (Å²) < 4.78 is 56.3. The molecule has 41 heavy (non-hydrogen) atoms. The first-order valence-corrected chi connectivity index (χ1v) is 13.5. The van der Waals surface area contributed by atoms with Gasteiger partial charge in [-0.1, -0.05) is 37.3 Å². The highest BCUT2D eigenvalue weighted by atomic mass is 19.4. The first-order chi connectivity index (χ1) is 19.7. The van der Waals surface area contributed by atoms with Gasteiger partial charge in [0.15, 0.2) is 0 Å².